The Morgan fingerprint density at radius 1 is 1.20 bits per heavy atom. The van der Waals surface area contributed by atoms with Gasteiger partial charge in [0.15, 0.2) is 11.5 Å². The van der Waals surface area contributed by atoms with Crippen LogP contribution in [0.2, 0.25) is 5.02 Å². The Balaban J connectivity index is 0.00000461. The summed E-state index contributed by atoms with van der Waals surface area (Å²) in [6.07, 6.45) is 2.72. The molecule has 0 aliphatic carbocycles. The van der Waals surface area contributed by atoms with Gasteiger partial charge >= 0.3 is 0 Å². The van der Waals surface area contributed by atoms with Gasteiger partial charge in [-0.15, -0.1) is 12.4 Å². The van der Waals surface area contributed by atoms with E-state index >= 15 is 0 Å². The van der Waals surface area contributed by atoms with E-state index in [0.717, 1.165) is 6.42 Å². The third-order valence-electron chi connectivity index (χ3n) is 8.02. The number of methoxy groups -OCH3 is 1. The Bertz CT molecular complexity index is 1550. The van der Waals surface area contributed by atoms with Crippen molar-refractivity contribution in [1.29, 1.82) is 0 Å². The lowest BCUT2D eigenvalue weighted by Crippen LogP contribution is -2.57. The molecule has 0 saturated carbocycles. The highest BCUT2D eigenvalue weighted by Gasteiger charge is 2.41. The van der Waals surface area contributed by atoms with Gasteiger partial charge in [-0.25, -0.2) is 9.97 Å². The molecule has 4 N–H and O–H groups in total. The van der Waals surface area contributed by atoms with Gasteiger partial charge in [0.25, 0.3) is 0 Å². The van der Waals surface area contributed by atoms with Crippen LogP contribution in [-0.4, -0.2) is 78.8 Å². The van der Waals surface area contributed by atoms with Gasteiger partial charge in [-0.05, 0) is 50.4 Å². The van der Waals surface area contributed by atoms with Crippen LogP contribution in [0, 0.1) is 5.41 Å². The van der Waals surface area contributed by atoms with Crippen molar-refractivity contribution in [3.05, 3.63) is 35.6 Å². The van der Waals surface area contributed by atoms with Gasteiger partial charge < -0.3 is 40.4 Å². The largest absolute Gasteiger partial charge is 0.494 e. The molecule has 3 heterocycles. The number of likely N-dealkylation sites (tertiary alicyclic amines) is 1. The SMILES string of the molecule is CN[C@@H](C)CN[C@H](C(=O)N1CCC[C@H]1C(=O)Nc1cc2c(Nc3c(Cl)ccc4c3OCO4)ncnc2cc1OC)C(C)(C)C.Cl. The Morgan fingerprint density at radius 2 is 1.98 bits per heavy atom. The minimum Gasteiger partial charge on any atom is -0.494 e. The smallest absolute Gasteiger partial charge is 0.247 e. The molecule has 2 aliphatic heterocycles. The van der Waals surface area contributed by atoms with E-state index in [9.17, 15) is 9.59 Å². The van der Waals surface area contributed by atoms with Crippen molar-refractivity contribution in [2.75, 3.05) is 44.7 Å². The molecule has 45 heavy (non-hydrogen) atoms. The molecule has 5 rings (SSSR count). The summed E-state index contributed by atoms with van der Waals surface area (Å²) in [6, 6.07) is 6.06. The molecule has 14 heteroatoms. The average molecular weight is 663 g/mol. The van der Waals surface area contributed by atoms with E-state index < -0.39 is 12.1 Å². The average Bonchev–Trinajstić information content (AvgIpc) is 3.68. The van der Waals surface area contributed by atoms with Crippen LogP contribution >= 0.6 is 24.0 Å². The van der Waals surface area contributed by atoms with Crippen molar-refractivity contribution in [3.63, 3.8) is 0 Å². The van der Waals surface area contributed by atoms with Crippen molar-refractivity contribution in [1.82, 2.24) is 25.5 Å². The molecule has 3 aromatic rings. The summed E-state index contributed by atoms with van der Waals surface area (Å²) < 4.78 is 16.8. The van der Waals surface area contributed by atoms with Crippen LogP contribution in [0.5, 0.6) is 17.2 Å². The number of hydrogen-bond acceptors (Lipinski definition) is 10. The number of carbonyl (C=O) groups is 2. The third kappa shape index (κ3) is 7.30. The quantitative estimate of drug-likeness (QED) is 0.241. The van der Waals surface area contributed by atoms with Gasteiger partial charge in [-0.1, -0.05) is 32.4 Å². The highest BCUT2D eigenvalue weighted by Crippen LogP contribution is 2.45. The maximum absolute atomic E-state index is 13.9. The van der Waals surface area contributed by atoms with Crippen molar-refractivity contribution >= 4 is 63.9 Å². The lowest BCUT2D eigenvalue weighted by atomic mass is 9.85. The molecule has 1 aromatic heterocycles. The topological polar surface area (TPSA) is 139 Å². The number of nitrogens with zero attached hydrogens (tertiary/aromatic N) is 3. The predicted molar refractivity (Wildman–Crippen MR) is 177 cm³/mol. The molecule has 1 fully saturated rings. The second-order valence-electron chi connectivity index (χ2n) is 12.1. The number of likely N-dealkylation sites (N-methyl/N-ethyl adjacent to an activating group) is 1. The van der Waals surface area contributed by atoms with Gasteiger partial charge in [-0.2, -0.15) is 0 Å². The third-order valence-corrected chi connectivity index (χ3v) is 8.33. The number of carbonyl (C=O) groups excluding carboxylic acids is 2. The highest BCUT2D eigenvalue weighted by molar-refractivity contribution is 6.34. The number of rotatable bonds is 10. The Kier molecular flexibility index (Phi) is 10.9. The lowest BCUT2D eigenvalue weighted by Gasteiger charge is -2.36. The Hall–Kier alpha value is -3.58. The maximum Gasteiger partial charge on any atom is 0.247 e. The molecule has 2 aromatic carbocycles. The van der Waals surface area contributed by atoms with E-state index in [0.29, 0.717) is 69.9 Å². The summed E-state index contributed by atoms with van der Waals surface area (Å²) in [5, 5.41) is 13.9. The van der Waals surface area contributed by atoms with Crippen molar-refractivity contribution in [2.24, 2.45) is 5.41 Å². The van der Waals surface area contributed by atoms with E-state index in [4.69, 9.17) is 25.8 Å². The van der Waals surface area contributed by atoms with Crippen LogP contribution < -0.4 is 35.5 Å². The summed E-state index contributed by atoms with van der Waals surface area (Å²) in [4.78, 5) is 38.2. The minimum atomic E-state index is -0.622. The molecule has 12 nitrogen and oxygen atoms in total. The summed E-state index contributed by atoms with van der Waals surface area (Å²) in [6.45, 7) is 9.36. The van der Waals surface area contributed by atoms with E-state index in [-0.39, 0.29) is 42.5 Å². The monoisotopic (exact) mass is 661 g/mol. The number of fused-ring (bicyclic) bond motifs is 2. The zero-order valence-corrected chi connectivity index (χ0v) is 27.9. The normalized spacial score (nSPS) is 17.0. The number of nitrogens with one attached hydrogen (secondary N) is 4. The van der Waals surface area contributed by atoms with Crippen LogP contribution in [0.25, 0.3) is 10.9 Å². The number of amides is 2. The van der Waals surface area contributed by atoms with Crippen LogP contribution in [0.3, 0.4) is 0 Å². The molecule has 1 saturated heterocycles. The van der Waals surface area contributed by atoms with Crippen molar-refractivity contribution < 1.29 is 23.8 Å². The first-order chi connectivity index (χ1) is 21.0. The van der Waals surface area contributed by atoms with Gasteiger partial charge in [0.1, 0.15) is 29.6 Å². The van der Waals surface area contributed by atoms with Crippen molar-refractivity contribution in [2.45, 2.75) is 58.7 Å². The molecule has 0 spiro atoms. The van der Waals surface area contributed by atoms with E-state index in [1.807, 2.05) is 27.8 Å². The highest BCUT2D eigenvalue weighted by atomic mass is 35.5. The molecule has 2 amide bonds. The zero-order valence-electron chi connectivity index (χ0n) is 26.3. The summed E-state index contributed by atoms with van der Waals surface area (Å²) in [5.74, 6) is 1.57. The van der Waals surface area contributed by atoms with Gasteiger partial charge in [0.2, 0.25) is 18.6 Å². The minimum absolute atomic E-state index is 0. The van der Waals surface area contributed by atoms with Crippen LogP contribution in [-0.2, 0) is 9.59 Å². The summed E-state index contributed by atoms with van der Waals surface area (Å²) in [7, 11) is 3.41. The molecule has 3 atom stereocenters. The molecule has 2 aliphatic rings. The van der Waals surface area contributed by atoms with E-state index in [2.05, 4.69) is 38.2 Å². The van der Waals surface area contributed by atoms with Gasteiger partial charge in [0, 0.05) is 30.6 Å². The summed E-state index contributed by atoms with van der Waals surface area (Å²) in [5.41, 5.74) is 1.18. The standard InChI is InChI=1S/C31H40ClN7O5.ClH/c1-17(33-5)14-34-27(31(2,3)4)30(41)39-11-7-8-22(39)29(40)37-21-12-18-20(13-24(21)42-6)35-15-36-28(18)38-25-19(32)9-10-23-26(25)44-16-43-23;/h9-10,12-13,15,17,22,27,33-34H,7-8,11,14,16H2,1-6H3,(H,37,40)(H,35,36,38);1H/t17-,22-,27+;/m0./s1. The fourth-order valence-electron chi connectivity index (χ4n) is 5.48. The second kappa shape index (κ2) is 14.2. The maximum atomic E-state index is 13.9. The number of hydrogen-bond donors (Lipinski definition) is 4. The first-order valence-electron chi connectivity index (χ1n) is 14.7. The first kappa shape index (κ1) is 34.3. The fraction of sp³-hybridized carbons (Fsp3) is 0.484. The number of benzene rings is 2. The van der Waals surface area contributed by atoms with E-state index in [1.54, 1.807) is 29.2 Å². The fourth-order valence-corrected chi connectivity index (χ4v) is 5.67. The molecule has 0 unspecified atom stereocenters. The van der Waals surface area contributed by atoms with Crippen LogP contribution in [0.4, 0.5) is 17.2 Å². The molecule has 244 valence electrons. The van der Waals surface area contributed by atoms with Crippen molar-refractivity contribution in [3.8, 4) is 17.2 Å². The number of anilines is 3. The van der Waals surface area contributed by atoms with Gasteiger partial charge in [-0.3, -0.25) is 9.59 Å². The molecular weight excluding hydrogens is 621 g/mol. The lowest BCUT2D eigenvalue weighted by molar-refractivity contribution is -0.140. The Labute approximate surface area is 274 Å². The molecule has 0 radical (unpaired) electrons. The summed E-state index contributed by atoms with van der Waals surface area (Å²) >= 11 is 6.50. The number of ether oxygens (including phenoxy) is 3. The van der Waals surface area contributed by atoms with Crippen LogP contribution in [0.1, 0.15) is 40.5 Å². The number of halogens is 2. The Morgan fingerprint density at radius 3 is 2.69 bits per heavy atom. The molecular formula is C31H41Cl2N7O5. The molecule has 0 bridgehead atoms. The zero-order chi connectivity index (χ0) is 31.6. The van der Waals surface area contributed by atoms with Crippen LogP contribution in [0.15, 0.2) is 30.6 Å². The van der Waals surface area contributed by atoms with Gasteiger partial charge in [0.05, 0.1) is 29.4 Å². The second-order valence-corrected chi connectivity index (χ2v) is 12.6. The first-order valence-corrected chi connectivity index (χ1v) is 15.1. The number of aromatic nitrogens is 2. The predicted octanol–water partition coefficient (Wildman–Crippen LogP) is 4.73. The van der Waals surface area contributed by atoms with E-state index in [1.165, 1.54) is 13.4 Å².